The summed E-state index contributed by atoms with van der Waals surface area (Å²) in [7, 11) is 1.53. The Morgan fingerprint density at radius 1 is 1.14 bits per heavy atom. The van der Waals surface area contributed by atoms with Crippen LogP contribution in [0.15, 0.2) is 51.5 Å². The van der Waals surface area contributed by atoms with E-state index >= 15 is 0 Å². The number of methoxy groups -OCH3 is 1. The molecular weight excluding hydrogens is 336 g/mol. The van der Waals surface area contributed by atoms with Crippen molar-refractivity contribution >= 4 is 15.9 Å². The van der Waals surface area contributed by atoms with Crippen LogP contribution in [0.1, 0.15) is 0 Å². The molecule has 106 valence electrons. The minimum absolute atomic E-state index is 0.0281. The second-order valence-corrected chi connectivity index (χ2v) is 5.23. The first-order valence-electron chi connectivity index (χ1n) is 6.14. The lowest BCUT2D eigenvalue weighted by Gasteiger charge is -2.02. The Morgan fingerprint density at radius 3 is 2.57 bits per heavy atom. The summed E-state index contributed by atoms with van der Waals surface area (Å²) in [4.78, 5) is 4.30. The van der Waals surface area contributed by atoms with Gasteiger partial charge in [0.25, 0.3) is 5.89 Å². The SMILES string of the molecule is COc1ccc(-c2nc(-c3ccc(Br)cc3)no2)c(O)c1. The van der Waals surface area contributed by atoms with E-state index in [9.17, 15) is 5.11 Å². The largest absolute Gasteiger partial charge is 0.507 e. The molecule has 0 bridgehead atoms. The second-order valence-electron chi connectivity index (χ2n) is 4.31. The number of phenolic OH excluding ortho intramolecular Hbond substituents is 1. The molecule has 5 nitrogen and oxygen atoms in total. The van der Waals surface area contributed by atoms with Crippen molar-refractivity contribution in [2.75, 3.05) is 7.11 Å². The number of aromatic hydroxyl groups is 1. The summed E-state index contributed by atoms with van der Waals surface area (Å²) in [6.45, 7) is 0. The molecule has 1 aromatic heterocycles. The molecule has 0 saturated carbocycles. The summed E-state index contributed by atoms with van der Waals surface area (Å²) < 4.78 is 11.2. The molecule has 0 saturated heterocycles. The highest BCUT2D eigenvalue weighted by Gasteiger charge is 2.14. The maximum absolute atomic E-state index is 9.98. The number of halogens is 1. The summed E-state index contributed by atoms with van der Waals surface area (Å²) in [6, 6.07) is 12.5. The van der Waals surface area contributed by atoms with Gasteiger partial charge in [-0.2, -0.15) is 4.98 Å². The van der Waals surface area contributed by atoms with Gasteiger partial charge in [0.1, 0.15) is 11.5 Å². The Hall–Kier alpha value is -2.34. The van der Waals surface area contributed by atoms with Crippen molar-refractivity contribution in [2.24, 2.45) is 0 Å². The number of hydrogen-bond acceptors (Lipinski definition) is 5. The van der Waals surface area contributed by atoms with Crippen molar-refractivity contribution in [3.8, 4) is 34.3 Å². The standard InChI is InChI=1S/C15H11BrN2O3/c1-20-11-6-7-12(13(19)8-11)15-17-14(18-21-15)9-2-4-10(16)5-3-9/h2-8,19H,1H3. The third kappa shape index (κ3) is 2.75. The lowest BCUT2D eigenvalue weighted by Crippen LogP contribution is -1.85. The van der Waals surface area contributed by atoms with Gasteiger partial charge in [-0.1, -0.05) is 21.1 Å². The fraction of sp³-hybridized carbons (Fsp3) is 0.0667. The van der Waals surface area contributed by atoms with Crippen molar-refractivity contribution in [1.82, 2.24) is 10.1 Å². The highest BCUT2D eigenvalue weighted by Crippen LogP contribution is 2.32. The van der Waals surface area contributed by atoms with Gasteiger partial charge in [0.05, 0.1) is 12.7 Å². The smallest absolute Gasteiger partial charge is 0.262 e. The van der Waals surface area contributed by atoms with Crippen LogP contribution in [0.4, 0.5) is 0 Å². The third-order valence-electron chi connectivity index (χ3n) is 2.96. The highest BCUT2D eigenvalue weighted by atomic mass is 79.9. The van der Waals surface area contributed by atoms with Gasteiger partial charge < -0.3 is 14.4 Å². The van der Waals surface area contributed by atoms with Gasteiger partial charge in [0.15, 0.2) is 0 Å². The Bertz CT molecular complexity index is 769. The zero-order valence-corrected chi connectivity index (χ0v) is 12.7. The van der Waals surface area contributed by atoms with E-state index in [0.29, 0.717) is 17.1 Å². The van der Waals surface area contributed by atoms with Crippen molar-refractivity contribution in [1.29, 1.82) is 0 Å². The third-order valence-corrected chi connectivity index (χ3v) is 3.49. The molecule has 0 spiro atoms. The first-order valence-corrected chi connectivity index (χ1v) is 6.93. The molecule has 3 aromatic rings. The minimum Gasteiger partial charge on any atom is -0.507 e. The van der Waals surface area contributed by atoms with Crippen LogP contribution in [-0.4, -0.2) is 22.4 Å². The molecule has 6 heteroatoms. The Balaban J connectivity index is 1.96. The molecule has 3 rings (SSSR count). The predicted octanol–water partition coefficient (Wildman–Crippen LogP) is 3.88. The van der Waals surface area contributed by atoms with Gasteiger partial charge in [0, 0.05) is 16.1 Å². The molecule has 21 heavy (non-hydrogen) atoms. The van der Waals surface area contributed by atoms with Gasteiger partial charge in [-0.15, -0.1) is 0 Å². The van der Waals surface area contributed by atoms with Crippen LogP contribution in [-0.2, 0) is 0 Å². The molecule has 2 aromatic carbocycles. The maximum atomic E-state index is 9.98. The normalized spacial score (nSPS) is 10.6. The van der Waals surface area contributed by atoms with Gasteiger partial charge in [-0.25, -0.2) is 0 Å². The predicted molar refractivity (Wildman–Crippen MR) is 81.1 cm³/mol. The van der Waals surface area contributed by atoms with Crippen LogP contribution in [0, 0.1) is 0 Å². The number of benzene rings is 2. The van der Waals surface area contributed by atoms with Gasteiger partial charge in [0.2, 0.25) is 5.82 Å². The second kappa shape index (κ2) is 5.57. The average Bonchev–Trinajstić information content (AvgIpc) is 2.97. The summed E-state index contributed by atoms with van der Waals surface area (Å²) in [5.74, 6) is 1.31. The number of ether oxygens (including phenoxy) is 1. The molecule has 0 aliphatic rings. The number of aromatic nitrogens is 2. The molecule has 0 fully saturated rings. The summed E-state index contributed by atoms with van der Waals surface area (Å²) >= 11 is 3.37. The molecular formula is C15H11BrN2O3. The van der Waals surface area contributed by atoms with Gasteiger partial charge >= 0.3 is 0 Å². The molecule has 0 aliphatic carbocycles. The van der Waals surface area contributed by atoms with Crippen LogP contribution in [0.25, 0.3) is 22.8 Å². The van der Waals surface area contributed by atoms with Gasteiger partial charge in [-0.05, 0) is 36.4 Å². The summed E-state index contributed by atoms with van der Waals surface area (Å²) in [5.41, 5.74) is 1.30. The van der Waals surface area contributed by atoms with Crippen LogP contribution < -0.4 is 4.74 Å². The van der Waals surface area contributed by atoms with E-state index in [1.165, 1.54) is 13.2 Å². The van der Waals surface area contributed by atoms with E-state index < -0.39 is 0 Å². The van der Waals surface area contributed by atoms with Crippen molar-refractivity contribution in [2.45, 2.75) is 0 Å². The quantitative estimate of drug-likeness (QED) is 0.779. The molecule has 0 radical (unpaired) electrons. The lowest BCUT2D eigenvalue weighted by atomic mass is 10.2. The van der Waals surface area contributed by atoms with Crippen LogP contribution >= 0.6 is 15.9 Å². The first-order chi connectivity index (χ1) is 10.2. The Morgan fingerprint density at radius 2 is 1.90 bits per heavy atom. The van der Waals surface area contributed by atoms with E-state index in [-0.39, 0.29) is 11.6 Å². The number of nitrogens with zero attached hydrogens (tertiary/aromatic N) is 2. The minimum atomic E-state index is 0.0281. The summed E-state index contributed by atoms with van der Waals surface area (Å²) in [5, 5.41) is 13.9. The fourth-order valence-corrected chi connectivity index (χ4v) is 2.13. The van der Waals surface area contributed by atoms with Crippen molar-refractivity contribution < 1.29 is 14.4 Å². The van der Waals surface area contributed by atoms with E-state index in [0.717, 1.165) is 10.0 Å². The van der Waals surface area contributed by atoms with E-state index in [1.807, 2.05) is 24.3 Å². The number of phenols is 1. The molecule has 1 N–H and O–H groups in total. The molecule has 1 heterocycles. The highest BCUT2D eigenvalue weighted by molar-refractivity contribution is 9.10. The van der Waals surface area contributed by atoms with Gasteiger partial charge in [-0.3, -0.25) is 0 Å². The van der Waals surface area contributed by atoms with E-state index in [4.69, 9.17) is 9.26 Å². The molecule has 0 atom stereocenters. The molecule has 0 unspecified atom stereocenters. The summed E-state index contributed by atoms with van der Waals surface area (Å²) in [6.07, 6.45) is 0. The lowest BCUT2D eigenvalue weighted by molar-refractivity contribution is 0.405. The fourth-order valence-electron chi connectivity index (χ4n) is 1.87. The van der Waals surface area contributed by atoms with Crippen LogP contribution in [0.5, 0.6) is 11.5 Å². The Labute approximate surface area is 129 Å². The first kappa shape index (κ1) is 13.6. The van der Waals surface area contributed by atoms with Crippen molar-refractivity contribution in [3.63, 3.8) is 0 Å². The molecule has 0 amide bonds. The number of rotatable bonds is 3. The zero-order chi connectivity index (χ0) is 14.8. The average molecular weight is 347 g/mol. The Kier molecular flexibility index (Phi) is 3.62. The number of hydrogen-bond donors (Lipinski definition) is 1. The van der Waals surface area contributed by atoms with Crippen LogP contribution in [0.3, 0.4) is 0 Å². The topological polar surface area (TPSA) is 68.4 Å². The van der Waals surface area contributed by atoms with Crippen LogP contribution in [0.2, 0.25) is 0 Å². The van der Waals surface area contributed by atoms with E-state index in [1.54, 1.807) is 12.1 Å². The molecule has 0 aliphatic heterocycles. The van der Waals surface area contributed by atoms with Crippen molar-refractivity contribution in [3.05, 3.63) is 46.9 Å². The monoisotopic (exact) mass is 346 g/mol. The van der Waals surface area contributed by atoms with E-state index in [2.05, 4.69) is 26.1 Å². The zero-order valence-electron chi connectivity index (χ0n) is 11.1. The maximum Gasteiger partial charge on any atom is 0.262 e.